The zero-order valence-corrected chi connectivity index (χ0v) is 14.0. The molecule has 126 valence electrons. The number of hydrogen-bond donors (Lipinski definition) is 0. The van der Waals surface area contributed by atoms with E-state index in [2.05, 4.69) is 0 Å². The maximum Gasteiger partial charge on any atom is 0.335 e. The van der Waals surface area contributed by atoms with Crippen LogP contribution in [0, 0.1) is 5.92 Å². The Morgan fingerprint density at radius 3 is 2.25 bits per heavy atom. The molecule has 0 saturated heterocycles. The van der Waals surface area contributed by atoms with E-state index in [-0.39, 0.29) is 11.6 Å². The zero-order chi connectivity index (χ0) is 17.4. The minimum absolute atomic E-state index is 0.172. The van der Waals surface area contributed by atoms with E-state index in [0.717, 1.165) is 6.42 Å². The second kappa shape index (κ2) is 6.32. The van der Waals surface area contributed by atoms with Crippen LogP contribution in [-0.2, 0) is 14.3 Å². The van der Waals surface area contributed by atoms with Crippen LogP contribution in [-0.4, -0.2) is 36.9 Å². The molecule has 0 bridgehead atoms. The van der Waals surface area contributed by atoms with Gasteiger partial charge in [0, 0.05) is 28.2 Å². The molecular weight excluding hydrogens is 308 g/mol. The van der Waals surface area contributed by atoms with Gasteiger partial charge in [-0.15, -0.1) is 0 Å². The summed E-state index contributed by atoms with van der Waals surface area (Å²) in [5.41, 5.74) is 1.62. The average Bonchev–Trinajstić information content (AvgIpc) is 2.60. The van der Waals surface area contributed by atoms with Gasteiger partial charge in [0.2, 0.25) is 0 Å². The van der Waals surface area contributed by atoms with Crippen LogP contribution in [0.1, 0.15) is 47.4 Å². The molecule has 5 nitrogen and oxygen atoms in total. The predicted molar refractivity (Wildman–Crippen MR) is 86.9 cm³/mol. The lowest BCUT2D eigenvalue weighted by Gasteiger charge is -2.38. The molecule has 24 heavy (non-hydrogen) atoms. The summed E-state index contributed by atoms with van der Waals surface area (Å²) in [4.78, 5) is 38.0. The van der Waals surface area contributed by atoms with E-state index in [1.165, 1.54) is 7.11 Å². The molecule has 0 fully saturated rings. The van der Waals surface area contributed by atoms with Crippen molar-refractivity contribution in [1.29, 1.82) is 0 Å². The highest BCUT2D eigenvalue weighted by Gasteiger charge is 2.47. The number of carbonyl (C=O) groups is 3. The number of hydrogen-bond acceptors (Lipinski definition) is 5. The molecular formula is C19H20O5. The van der Waals surface area contributed by atoms with Gasteiger partial charge in [-0.1, -0.05) is 44.5 Å². The number of esters is 1. The Kier molecular flexibility index (Phi) is 4.37. The minimum atomic E-state index is -0.868. The quantitative estimate of drug-likeness (QED) is 0.798. The van der Waals surface area contributed by atoms with Crippen molar-refractivity contribution in [3.05, 3.63) is 46.5 Å². The fourth-order valence-electron chi connectivity index (χ4n) is 3.55. The summed E-state index contributed by atoms with van der Waals surface area (Å²) in [6.45, 7) is 3.70. The molecule has 0 saturated carbocycles. The van der Waals surface area contributed by atoms with Crippen LogP contribution < -0.4 is 0 Å². The summed E-state index contributed by atoms with van der Waals surface area (Å²) in [6.07, 6.45) is -0.0880. The first-order valence-corrected chi connectivity index (χ1v) is 8.17. The highest BCUT2D eigenvalue weighted by molar-refractivity contribution is 6.27. The van der Waals surface area contributed by atoms with Crippen molar-refractivity contribution < 1.29 is 23.9 Å². The Balaban J connectivity index is 2.16. The molecule has 0 spiro atoms. The van der Waals surface area contributed by atoms with Crippen molar-refractivity contribution >= 4 is 17.5 Å². The lowest BCUT2D eigenvalue weighted by Crippen LogP contribution is -2.46. The van der Waals surface area contributed by atoms with Gasteiger partial charge in [-0.25, -0.2) is 4.79 Å². The van der Waals surface area contributed by atoms with Crippen LogP contribution in [0.3, 0.4) is 0 Å². The molecule has 0 radical (unpaired) electrons. The maximum atomic E-state index is 13.0. The predicted octanol–water partition coefficient (Wildman–Crippen LogP) is 2.74. The van der Waals surface area contributed by atoms with Crippen LogP contribution in [0.2, 0.25) is 0 Å². The Hall–Kier alpha value is -2.27. The zero-order valence-electron chi connectivity index (χ0n) is 14.0. The smallest absolute Gasteiger partial charge is 0.335 e. The van der Waals surface area contributed by atoms with Crippen molar-refractivity contribution in [3.63, 3.8) is 0 Å². The number of ketones is 2. The summed E-state index contributed by atoms with van der Waals surface area (Å²) < 4.78 is 10.7. The standard InChI is InChI=1S/C19H20O5/c1-4-7-13-15-14(10(2)18(24-13)19(22)23-3)16(20)11-8-5-6-9-12(11)17(15)21/h5-6,8-10,13,18H,4,7H2,1-3H3. The van der Waals surface area contributed by atoms with Gasteiger partial charge in [0.1, 0.15) is 0 Å². The van der Waals surface area contributed by atoms with E-state index in [0.29, 0.717) is 28.7 Å². The highest BCUT2D eigenvalue weighted by Crippen LogP contribution is 2.40. The van der Waals surface area contributed by atoms with Gasteiger partial charge in [0.25, 0.3) is 0 Å². The average molecular weight is 328 g/mol. The number of benzene rings is 1. The molecule has 1 aromatic rings. The first-order chi connectivity index (χ1) is 11.5. The molecule has 1 heterocycles. The molecule has 3 rings (SSSR count). The first kappa shape index (κ1) is 16.6. The van der Waals surface area contributed by atoms with Crippen molar-refractivity contribution in [2.24, 2.45) is 5.92 Å². The molecule has 0 aromatic heterocycles. The number of methoxy groups -OCH3 is 1. The van der Waals surface area contributed by atoms with Crippen LogP contribution in [0.15, 0.2) is 35.4 Å². The third-order valence-corrected chi connectivity index (χ3v) is 4.72. The minimum Gasteiger partial charge on any atom is -0.467 e. The van der Waals surface area contributed by atoms with E-state index in [9.17, 15) is 14.4 Å². The second-order valence-electron chi connectivity index (χ2n) is 6.18. The topological polar surface area (TPSA) is 69.7 Å². The lowest BCUT2D eigenvalue weighted by atomic mass is 9.73. The molecule has 0 amide bonds. The molecule has 3 atom stereocenters. The van der Waals surface area contributed by atoms with Gasteiger partial charge in [-0.05, 0) is 6.42 Å². The summed E-state index contributed by atoms with van der Waals surface area (Å²) in [6, 6.07) is 6.80. The van der Waals surface area contributed by atoms with Crippen LogP contribution in [0.5, 0.6) is 0 Å². The van der Waals surface area contributed by atoms with E-state index in [1.54, 1.807) is 31.2 Å². The lowest BCUT2D eigenvalue weighted by molar-refractivity contribution is -0.161. The Morgan fingerprint density at radius 1 is 1.12 bits per heavy atom. The number of fused-ring (bicyclic) bond motifs is 1. The third-order valence-electron chi connectivity index (χ3n) is 4.72. The summed E-state index contributed by atoms with van der Waals surface area (Å²) in [7, 11) is 1.29. The number of carbonyl (C=O) groups excluding carboxylic acids is 3. The molecule has 5 heteroatoms. The van der Waals surface area contributed by atoms with Gasteiger partial charge in [0.05, 0.1) is 13.2 Å². The Morgan fingerprint density at radius 2 is 1.71 bits per heavy atom. The van der Waals surface area contributed by atoms with E-state index in [1.807, 2.05) is 6.92 Å². The SMILES string of the molecule is CCCC1OC(C(=O)OC)C(C)C2=C1C(=O)c1ccccc1C2=O. The van der Waals surface area contributed by atoms with Gasteiger partial charge >= 0.3 is 5.97 Å². The monoisotopic (exact) mass is 328 g/mol. The molecule has 3 unspecified atom stereocenters. The Bertz CT molecular complexity index is 746. The van der Waals surface area contributed by atoms with Crippen molar-refractivity contribution in [1.82, 2.24) is 0 Å². The normalized spacial score (nSPS) is 26.0. The van der Waals surface area contributed by atoms with Gasteiger partial charge < -0.3 is 9.47 Å². The van der Waals surface area contributed by atoms with Gasteiger partial charge in [-0.2, -0.15) is 0 Å². The number of ether oxygens (including phenoxy) is 2. The van der Waals surface area contributed by atoms with Crippen molar-refractivity contribution in [2.75, 3.05) is 7.11 Å². The largest absolute Gasteiger partial charge is 0.467 e. The first-order valence-electron chi connectivity index (χ1n) is 8.17. The summed E-state index contributed by atoms with van der Waals surface area (Å²) >= 11 is 0. The molecule has 1 aromatic carbocycles. The van der Waals surface area contributed by atoms with E-state index >= 15 is 0 Å². The van der Waals surface area contributed by atoms with Gasteiger partial charge in [0.15, 0.2) is 17.7 Å². The number of rotatable bonds is 3. The van der Waals surface area contributed by atoms with Crippen LogP contribution in [0.25, 0.3) is 0 Å². The molecule has 2 aliphatic rings. The highest BCUT2D eigenvalue weighted by atomic mass is 16.6. The maximum absolute atomic E-state index is 13.0. The van der Waals surface area contributed by atoms with Crippen molar-refractivity contribution in [3.8, 4) is 0 Å². The molecule has 1 aliphatic heterocycles. The van der Waals surface area contributed by atoms with E-state index in [4.69, 9.17) is 9.47 Å². The third kappa shape index (κ3) is 2.40. The number of Topliss-reactive ketones (excluding diaryl/α,β-unsaturated/α-hetero) is 2. The summed E-state index contributed by atoms with van der Waals surface area (Å²) in [5.74, 6) is -1.40. The van der Waals surface area contributed by atoms with Crippen molar-refractivity contribution in [2.45, 2.75) is 38.9 Å². The van der Waals surface area contributed by atoms with Crippen LogP contribution in [0.4, 0.5) is 0 Å². The van der Waals surface area contributed by atoms with E-state index < -0.39 is 24.1 Å². The second-order valence-corrected chi connectivity index (χ2v) is 6.18. The summed E-state index contributed by atoms with van der Waals surface area (Å²) in [5, 5.41) is 0. The van der Waals surface area contributed by atoms with Crippen LogP contribution >= 0.6 is 0 Å². The Labute approximate surface area is 140 Å². The molecule has 1 aliphatic carbocycles. The molecule has 0 N–H and O–H groups in total. The fourth-order valence-corrected chi connectivity index (χ4v) is 3.55. The van der Waals surface area contributed by atoms with Gasteiger partial charge in [-0.3, -0.25) is 9.59 Å². The fraction of sp³-hybridized carbons (Fsp3) is 0.421.